The Morgan fingerprint density at radius 3 is 2.67 bits per heavy atom. The molecule has 2 rings (SSSR count). The molecule has 1 aromatic carbocycles. The van der Waals surface area contributed by atoms with E-state index in [2.05, 4.69) is 10.3 Å². The monoisotopic (exact) mass is 262 g/mol. The molecular weight excluding hydrogens is 248 g/mol. The molecule has 1 aromatic heterocycles. The smallest absolute Gasteiger partial charge is 0.334 e. The summed E-state index contributed by atoms with van der Waals surface area (Å²) in [6.45, 7) is 2.02. The molecule has 0 saturated heterocycles. The first-order chi connectivity index (χ1) is 8.70. The van der Waals surface area contributed by atoms with Gasteiger partial charge in [0.2, 0.25) is 0 Å². The molecule has 1 unspecified atom stereocenters. The summed E-state index contributed by atoms with van der Waals surface area (Å²) < 4.78 is 4.80. The van der Waals surface area contributed by atoms with Crippen LogP contribution >= 0.6 is 11.3 Å². The standard InChI is InChI=1S/C13H14N2O2S/c1-9-3-5-10(6-4-9)15-12(13(16)17-2)11-7-18-8-14-11/h3-8,12,15H,1-2H3. The number of ether oxygens (including phenoxy) is 1. The van der Waals surface area contributed by atoms with Crippen molar-refractivity contribution in [1.82, 2.24) is 4.98 Å². The van der Waals surface area contributed by atoms with Gasteiger partial charge < -0.3 is 10.1 Å². The average molecular weight is 262 g/mol. The third kappa shape index (κ3) is 2.87. The molecule has 0 saturated carbocycles. The first-order valence-corrected chi connectivity index (χ1v) is 6.44. The van der Waals surface area contributed by atoms with Crippen molar-refractivity contribution in [1.29, 1.82) is 0 Å². The van der Waals surface area contributed by atoms with Crippen molar-refractivity contribution in [2.45, 2.75) is 13.0 Å². The molecule has 0 radical (unpaired) electrons. The van der Waals surface area contributed by atoms with Crippen LogP contribution in [0.2, 0.25) is 0 Å². The minimum Gasteiger partial charge on any atom is -0.467 e. The van der Waals surface area contributed by atoms with E-state index in [9.17, 15) is 4.79 Å². The van der Waals surface area contributed by atoms with Gasteiger partial charge >= 0.3 is 5.97 Å². The zero-order chi connectivity index (χ0) is 13.0. The Morgan fingerprint density at radius 1 is 1.39 bits per heavy atom. The summed E-state index contributed by atoms with van der Waals surface area (Å²) in [6, 6.07) is 7.26. The Bertz CT molecular complexity index is 508. The van der Waals surface area contributed by atoms with Gasteiger partial charge in [0.1, 0.15) is 0 Å². The van der Waals surface area contributed by atoms with Crippen LogP contribution in [0.25, 0.3) is 0 Å². The van der Waals surface area contributed by atoms with E-state index in [-0.39, 0.29) is 5.97 Å². The second-order valence-corrected chi connectivity index (χ2v) is 4.60. The van der Waals surface area contributed by atoms with Gasteiger partial charge in [0.25, 0.3) is 0 Å². The minimum absolute atomic E-state index is 0.346. The first kappa shape index (κ1) is 12.6. The average Bonchev–Trinajstić information content (AvgIpc) is 2.91. The molecule has 0 aliphatic heterocycles. The van der Waals surface area contributed by atoms with Crippen molar-refractivity contribution in [2.24, 2.45) is 0 Å². The molecule has 0 spiro atoms. The van der Waals surface area contributed by atoms with Crippen LogP contribution in [0.1, 0.15) is 17.3 Å². The lowest BCUT2D eigenvalue weighted by atomic mass is 10.2. The molecule has 1 atom stereocenters. The maximum absolute atomic E-state index is 11.8. The molecule has 1 heterocycles. The predicted octanol–water partition coefficient (Wildman–Crippen LogP) is 2.78. The van der Waals surface area contributed by atoms with Crippen molar-refractivity contribution in [3.63, 3.8) is 0 Å². The number of carbonyl (C=O) groups excluding carboxylic acids is 1. The highest BCUT2D eigenvalue weighted by atomic mass is 32.1. The number of aryl methyl sites for hydroxylation is 1. The van der Waals surface area contributed by atoms with Gasteiger partial charge in [0.15, 0.2) is 6.04 Å². The number of anilines is 1. The summed E-state index contributed by atoms with van der Waals surface area (Å²) in [5, 5.41) is 4.97. The highest BCUT2D eigenvalue weighted by Gasteiger charge is 2.22. The minimum atomic E-state index is -0.566. The third-order valence-electron chi connectivity index (χ3n) is 2.55. The van der Waals surface area contributed by atoms with E-state index in [4.69, 9.17) is 4.74 Å². The fourth-order valence-electron chi connectivity index (χ4n) is 1.55. The number of esters is 1. The van der Waals surface area contributed by atoms with Gasteiger partial charge in [0, 0.05) is 11.1 Å². The molecule has 0 amide bonds. The first-order valence-electron chi connectivity index (χ1n) is 5.50. The van der Waals surface area contributed by atoms with Crippen molar-refractivity contribution in [2.75, 3.05) is 12.4 Å². The third-order valence-corrected chi connectivity index (χ3v) is 3.15. The van der Waals surface area contributed by atoms with Crippen molar-refractivity contribution < 1.29 is 9.53 Å². The van der Waals surface area contributed by atoms with Crippen molar-refractivity contribution in [3.05, 3.63) is 46.4 Å². The van der Waals surface area contributed by atoms with Gasteiger partial charge in [-0.25, -0.2) is 9.78 Å². The number of thiazole rings is 1. The maximum atomic E-state index is 11.8. The Kier molecular flexibility index (Phi) is 3.94. The molecule has 18 heavy (non-hydrogen) atoms. The number of hydrogen-bond acceptors (Lipinski definition) is 5. The van der Waals surface area contributed by atoms with Crippen LogP contribution in [0.15, 0.2) is 35.2 Å². The molecule has 0 aliphatic carbocycles. The van der Waals surface area contributed by atoms with E-state index < -0.39 is 6.04 Å². The molecule has 0 bridgehead atoms. The molecule has 5 heteroatoms. The number of hydrogen-bond donors (Lipinski definition) is 1. The van der Waals surface area contributed by atoms with Crippen molar-refractivity contribution in [3.8, 4) is 0 Å². The Labute approximate surface area is 110 Å². The lowest BCUT2D eigenvalue weighted by Gasteiger charge is -2.15. The SMILES string of the molecule is COC(=O)C(Nc1ccc(C)cc1)c1cscn1. The van der Waals surface area contributed by atoms with E-state index in [0.29, 0.717) is 5.69 Å². The van der Waals surface area contributed by atoms with Gasteiger partial charge in [-0.2, -0.15) is 0 Å². The van der Waals surface area contributed by atoms with Crippen LogP contribution in [0.3, 0.4) is 0 Å². The number of carbonyl (C=O) groups is 1. The van der Waals surface area contributed by atoms with Crippen LogP contribution in [-0.2, 0) is 9.53 Å². The van der Waals surface area contributed by atoms with Crippen LogP contribution < -0.4 is 5.32 Å². The summed E-state index contributed by atoms with van der Waals surface area (Å²) >= 11 is 1.45. The van der Waals surface area contributed by atoms with Crippen LogP contribution in [0.4, 0.5) is 5.69 Å². The molecule has 0 aliphatic rings. The summed E-state index contributed by atoms with van der Waals surface area (Å²) in [7, 11) is 1.37. The van der Waals surface area contributed by atoms with Crippen molar-refractivity contribution >= 4 is 23.0 Å². The van der Waals surface area contributed by atoms with Gasteiger partial charge in [-0.1, -0.05) is 17.7 Å². The van der Waals surface area contributed by atoms with Crippen LogP contribution in [-0.4, -0.2) is 18.1 Å². The lowest BCUT2D eigenvalue weighted by molar-refractivity contribution is -0.141. The zero-order valence-corrected chi connectivity index (χ0v) is 11.0. The quantitative estimate of drug-likeness (QED) is 0.861. The van der Waals surface area contributed by atoms with E-state index in [1.807, 2.05) is 36.6 Å². The summed E-state index contributed by atoms with van der Waals surface area (Å²) in [4.78, 5) is 15.9. The predicted molar refractivity (Wildman–Crippen MR) is 71.7 cm³/mol. The maximum Gasteiger partial charge on any atom is 0.334 e. The van der Waals surface area contributed by atoms with Gasteiger partial charge in [-0.05, 0) is 19.1 Å². The van der Waals surface area contributed by atoms with E-state index >= 15 is 0 Å². The fourth-order valence-corrected chi connectivity index (χ4v) is 2.13. The van der Waals surface area contributed by atoms with Crippen LogP contribution in [0, 0.1) is 6.92 Å². The molecular formula is C13H14N2O2S. The van der Waals surface area contributed by atoms with Crippen LogP contribution in [0.5, 0.6) is 0 Å². The molecule has 4 nitrogen and oxygen atoms in total. The number of rotatable bonds is 4. The van der Waals surface area contributed by atoms with E-state index in [1.54, 1.807) is 5.51 Å². The van der Waals surface area contributed by atoms with E-state index in [1.165, 1.54) is 24.0 Å². The summed E-state index contributed by atoms with van der Waals surface area (Å²) in [5.41, 5.74) is 4.41. The summed E-state index contributed by atoms with van der Waals surface area (Å²) in [6.07, 6.45) is 0. The van der Waals surface area contributed by atoms with E-state index in [0.717, 1.165) is 5.69 Å². The molecule has 94 valence electrons. The molecule has 0 fully saturated rings. The number of nitrogens with zero attached hydrogens (tertiary/aromatic N) is 1. The highest BCUT2D eigenvalue weighted by Crippen LogP contribution is 2.21. The molecule has 2 aromatic rings. The summed E-state index contributed by atoms with van der Waals surface area (Å²) in [5.74, 6) is -0.346. The van der Waals surface area contributed by atoms with Gasteiger partial charge in [-0.15, -0.1) is 11.3 Å². The number of methoxy groups -OCH3 is 1. The Hall–Kier alpha value is -1.88. The number of nitrogens with one attached hydrogen (secondary N) is 1. The topological polar surface area (TPSA) is 51.2 Å². The number of benzene rings is 1. The largest absolute Gasteiger partial charge is 0.467 e. The normalized spacial score (nSPS) is 11.9. The second kappa shape index (κ2) is 5.64. The molecule has 1 N–H and O–H groups in total. The zero-order valence-electron chi connectivity index (χ0n) is 10.2. The Balaban J connectivity index is 2.20. The number of aromatic nitrogens is 1. The fraction of sp³-hybridized carbons (Fsp3) is 0.231. The van der Waals surface area contributed by atoms with Gasteiger partial charge in [-0.3, -0.25) is 0 Å². The van der Waals surface area contributed by atoms with Gasteiger partial charge in [0.05, 0.1) is 18.3 Å². The Morgan fingerprint density at radius 2 is 2.11 bits per heavy atom. The highest BCUT2D eigenvalue weighted by molar-refractivity contribution is 7.07. The lowest BCUT2D eigenvalue weighted by Crippen LogP contribution is -2.22. The second-order valence-electron chi connectivity index (χ2n) is 3.88.